The zero-order valence-corrected chi connectivity index (χ0v) is 17.0. The summed E-state index contributed by atoms with van der Waals surface area (Å²) in [4.78, 5) is 23.1. The number of aromatic amines is 1. The summed E-state index contributed by atoms with van der Waals surface area (Å²) in [6.07, 6.45) is 5.89. The molecule has 0 spiro atoms. The minimum atomic E-state index is -0.155. The van der Waals surface area contributed by atoms with Gasteiger partial charge >= 0.3 is 0 Å². The molecule has 1 aliphatic carbocycles. The molecule has 27 heavy (non-hydrogen) atoms. The molecule has 4 rings (SSSR count). The largest absolute Gasteiger partial charge is 0.306 e. The van der Waals surface area contributed by atoms with E-state index in [-0.39, 0.29) is 5.56 Å². The first-order valence-electron chi connectivity index (χ1n) is 9.88. The normalized spacial score (nSPS) is 19.6. The Morgan fingerprint density at radius 2 is 1.44 bits per heavy atom. The molecule has 1 fully saturated rings. The fraction of sp³-hybridized carbons (Fsp3) is 0.500. The van der Waals surface area contributed by atoms with E-state index in [9.17, 15) is 4.79 Å². The van der Waals surface area contributed by atoms with Crippen molar-refractivity contribution in [3.05, 3.63) is 51.7 Å². The molecule has 0 aliphatic heterocycles. The molecule has 5 heteroatoms. The van der Waals surface area contributed by atoms with E-state index >= 15 is 0 Å². The van der Waals surface area contributed by atoms with Crippen LogP contribution in [-0.2, 0) is 0 Å². The summed E-state index contributed by atoms with van der Waals surface area (Å²) in [5.41, 5.74) is 3.40. The lowest BCUT2D eigenvalue weighted by Crippen LogP contribution is -2.10. The second kappa shape index (κ2) is 8.07. The molecule has 0 radical (unpaired) electrons. The lowest BCUT2D eigenvalue weighted by Gasteiger charge is -2.22. The molecular weight excluding hydrogens is 336 g/mol. The van der Waals surface area contributed by atoms with Crippen molar-refractivity contribution in [1.82, 2.24) is 19.5 Å². The van der Waals surface area contributed by atoms with E-state index in [0.717, 1.165) is 34.3 Å². The highest BCUT2D eigenvalue weighted by Gasteiger charge is 2.13. The van der Waals surface area contributed by atoms with Crippen molar-refractivity contribution in [3.8, 4) is 5.95 Å². The third kappa shape index (κ3) is 4.46. The number of hydrogen-bond acceptors (Lipinski definition) is 3. The molecule has 1 N–H and O–H groups in total. The summed E-state index contributed by atoms with van der Waals surface area (Å²) in [5, 5.41) is 0.866. The predicted octanol–water partition coefficient (Wildman–Crippen LogP) is 4.87. The van der Waals surface area contributed by atoms with Crippen LogP contribution in [0, 0.1) is 32.6 Å². The first-order valence-corrected chi connectivity index (χ1v) is 9.88. The molecule has 3 heterocycles. The van der Waals surface area contributed by atoms with E-state index < -0.39 is 0 Å². The Balaban J connectivity index is 0.000000221. The van der Waals surface area contributed by atoms with Crippen LogP contribution in [-0.4, -0.2) is 19.5 Å². The van der Waals surface area contributed by atoms with E-state index in [1.54, 1.807) is 6.07 Å². The molecule has 3 aromatic rings. The Kier molecular flexibility index (Phi) is 5.78. The van der Waals surface area contributed by atoms with Gasteiger partial charge in [0, 0.05) is 22.8 Å². The van der Waals surface area contributed by atoms with Gasteiger partial charge in [-0.1, -0.05) is 39.5 Å². The zero-order chi connectivity index (χ0) is 19.6. The van der Waals surface area contributed by atoms with E-state index in [2.05, 4.69) is 28.8 Å². The fourth-order valence-electron chi connectivity index (χ4n) is 3.69. The average Bonchev–Trinajstić information content (AvgIpc) is 2.96. The monoisotopic (exact) mass is 366 g/mol. The van der Waals surface area contributed by atoms with Crippen LogP contribution in [0.3, 0.4) is 0 Å². The molecule has 0 aromatic carbocycles. The Morgan fingerprint density at radius 1 is 0.889 bits per heavy atom. The molecule has 3 aromatic heterocycles. The van der Waals surface area contributed by atoms with Gasteiger partial charge in [-0.05, 0) is 50.8 Å². The predicted molar refractivity (Wildman–Crippen MR) is 110 cm³/mol. The number of rotatable bonds is 1. The van der Waals surface area contributed by atoms with E-state index in [1.807, 2.05) is 37.5 Å². The lowest BCUT2D eigenvalue weighted by molar-refractivity contribution is 0.308. The Labute approximate surface area is 160 Å². The number of H-pyrrole nitrogens is 1. The van der Waals surface area contributed by atoms with Crippen LogP contribution in [0.25, 0.3) is 17.0 Å². The third-order valence-corrected chi connectivity index (χ3v) is 5.54. The summed E-state index contributed by atoms with van der Waals surface area (Å²) < 4.78 is 1.97. The van der Waals surface area contributed by atoms with Crippen LogP contribution in [0.15, 0.2) is 29.1 Å². The summed E-state index contributed by atoms with van der Waals surface area (Å²) >= 11 is 0. The topological polar surface area (TPSA) is 63.6 Å². The maximum absolute atomic E-state index is 11.4. The quantitative estimate of drug-likeness (QED) is 0.668. The van der Waals surface area contributed by atoms with Crippen molar-refractivity contribution < 1.29 is 0 Å². The Hall–Kier alpha value is -2.43. The van der Waals surface area contributed by atoms with Gasteiger partial charge in [-0.2, -0.15) is 4.98 Å². The maximum atomic E-state index is 11.4. The van der Waals surface area contributed by atoms with E-state index in [4.69, 9.17) is 0 Å². The van der Waals surface area contributed by atoms with Gasteiger partial charge < -0.3 is 4.98 Å². The highest BCUT2D eigenvalue weighted by atomic mass is 16.1. The molecule has 5 nitrogen and oxygen atoms in total. The maximum Gasteiger partial charge on any atom is 0.249 e. The molecule has 1 saturated carbocycles. The molecule has 0 saturated heterocycles. The molecule has 0 unspecified atom stereocenters. The van der Waals surface area contributed by atoms with Crippen LogP contribution in [0.2, 0.25) is 0 Å². The number of nitrogens with zero attached hydrogens (tertiary/aromatic N) is 3. The number of aryl methyl sites for hydroxylation is 3. The van der Waals surface area contributed by atoms with Gasteiger partial charge in [-0.3, -0.25) is 9.36 Å². The van der Waals surface area contributed by atoms with Gasteiger partial charge in [0.15, 0.2) is 0 Å². The van der Waals surface area contributed by atoms with Crippen molar-refractivity contribution in [3.63, 3.8) is 0 Å². The molecule has 144 valence electrons. The number of pyridine rings is 1. The van der Waals surface area contributed by atoms with Crippen LogP contribution in [0.5, 0.6) is 0 Å². The summed E-state index contributed by atoms with van der Waals surface area (Å²) in [7, 11) is 0. The van der Waals surface area contributed by atoms with Gasteiger partial charge in [-0.25, -0.2) is 4.98 Å². The van der Waals surface area contributed by atoms with Crippen LogP contribution >= 0.6 is 0 Å². The number of fused-ring (bicyclic) bond motifs is 1. The lowest BCUT2D eigenvalue weighted by atomic mass is 9.84. The van der Waals surface area contributed by atoms with Crippen molar-refractivity contribution >= 4 is 11.0 Å². The first-order chi connectivity index (χ1) is 12.8. The fourth-order valence-corrected chi connectivity index (χ4v) is 3.69. The van der Waals surface area contributed by atoms with Crippen molar-refractivity contribution in [1.29, 1.82) is 0 Å². The Bertz CT molecular complexity index is 948. The van der Waals surface area contributed by atoms with Gasteiger partial charge in [0.05, 0.1) is 5.69 Å². The minimum Gasteiger partial charge on any atom is -0.306 e. The zero-order valence-electron chi connectivity index (χ0n) is 17.0. The van der Waals surface area contributed by atoms with Crippen LogP contribution in [0.4, 0.5) is 0 Å². The average molecular weight is 367 g/mol. The minimum absolute atomic E-state index is 0.155. The smallest absolute Gasteiger partial charge is 0.249 e. The van der Waals surface area contributed by atoms with Gasteiger partial charge in [0.2, 0.25) is 11.5 Å². The second-order valence-corrected chi connectivity index (χ2v) is 8.01. The summed E-state index contributed by atoms with van der Waals surface area (Å²) in [6.45, 7) is 10.7. The summed E-state index contributed by atoms with van der Waals surface area (Å²) in [6, 6.07) is 7.28. The van der Waals surface area contributed by atoms with Crippen molar-refractivity contribution in [2.45, 2.75) is 60.3 Å². The molecule has 1 aliphatic rings. The standard InChI is InChI=1S/C14H14N4O.C8H16/c1-8-4-5-9(2)18(8)14-15-10(3)11-6-7-12(19)16-13(11)17-14;1-7-3-5-8(2)6-4-7/h4-7H,1-3H3,(H,15,16,17,19);7-8H,3-6H2,1-2H3. The van der Waals surface area contributed by atoms with E-state index in [0.29, 0.717) is 11.6 Å². The van der Waals surface area contributed by atoms with Gasteiger partial charge in [0.25, 0.3) is 0 Å². The summed E-state index contributed by atoms with van der Waals surface area (Å²) in [5.74, 6) is 2.63. The van der Waals surface area contributed by atoms with Crippen LogP contribution in [0.1, 0.15) is 56.6 Å². The third-order valence-electron chi connectivity index (χ3n) is 5.54. The highest BCUT2D eigenvalue weighted by molar-refractivity contribution is 5.77. The Morgan fingerprint density at radius 3 is 2.00 bits per heavy atom. The highest BCUT2D eigenvalue weighted by Crippen LogP contribution is 2.27. The van der Waals surface area contributed by atoms with Gasteiger partial charge in [-0.15, -0.1) is 0 Å². The molecule has 0 atom stereocenters. The van der Waals surface area contributed by atoms with E-state index in [1.165, 1.54) is 31.7 Å². The number of nitrogens with one attached hydrogen (secondary N) is 1. The van der Waals surface area contributed by atoms with Crippen LogP contribution < -0.4 is 5.56 Å². The van der Waals surface area contributed by atoms with Crippen molar-refractivity contribution in [2.75, 3.05) is 0 Å². The van der Waals surface area contributed by atoms with Gasteiger partial charge in [0.1, 0.15) is 5.65 Å². The molecular formula is C22H30N4O. The van der Waals surface area contributed by atoms with Crippen molar-refractivity contribution in [2.24, 2.45) is 11.8 Å². The SMILES string of the molecule is CC1CCC(C)CC1.Cc1nc(-n2c(C)ccc2C)nc2[nH]c(=O)ccc12. The number of aromatic nitrogens is 4. The molecule has 0 amide bonds. The first kappa shape index (κ1) is 19.3. The second-order valence-electron chi connectivity index (χ2n) is 8.01. The molecule has 0 bridgehead atoms. The number of hydrogen-bond donors (Lipinski definition) is 1.